The highest BCUT2D eigenvalue weighted by molar-refractivity contribution is 5.81. The SMILES string of the molecule is C1CC2C3CCC(C3)C2C1.C=CC(=O)OCOC.C=CC(=O)OCOC. The lowest BCUT2D eigenvalue weighted by atomic mass is 9.82. The van der Waals surface area contributed by atoms with Crippen LogP contribution in [0.2, 0.25) is 0 Å². The second-order valence-corrected chi connectivity index (χ2v) is 6.74. The third kappa shape index (κ3) is 7.30. The van der Waals surface area contributed by atoms with Crippen molar-refractivity contribution < 1.29 is 28.5 Å². The van der Waals surface area contributed by atoms with Crippen LogP contribution in [0.1, 0.15) is 38.5 Å². The van der Waals surface area contributed by atoms with Gasteiger partial charge in [-0.25, -0.2) is 9.59 Å². The van der Waals surface area contributed by atoms with Gasteiger partial charge in [0.15, 0.2) is 13.6 Å². The van der Waals surface area contributed by atoms with Crippen molar-refractivity contribution >= 4 is 11.9 Å². The largest absolute Gasteiger partial charge is 0.435 e. The average molecular weight is 368 g/mol. The Morgan fingerprint density at radius 1 is 0.846 bits per heavy atom. The van der Waals surface area contributed by atoms with E-state index in [1.165, 1.54) is 37.9 Å². The van der Waals surface area contributed by atoms with E-state index in [2.05, 4.69) is 32.1 Å². The van der Waals surface area contributed by atoms with Crippen molar-refractivity contribution in [2.45, 2.75) is 38.5 Å². The third-order valence-electron chi connectivity index (χ3n) is 5.32. The molecule has 0 heterocycles. The van der Waals surface area contributed by atoms with E-state index in [-0.39, 0.29) is 13.6 Å². The Hall–Kier alpha value is -1.66. The molecule has 0 saturated heterocycles. The fourth-order valence-electron chi connectivity index (χ4n) is 4.37. The lowest BCUT2D eigenvalue weighted by molar-refractivity contribution is -0.148. The molecule has 0 amide bonds. The maximum atomic E-state index is 10.2. The number of rotatable bonds is 6. The summed E-state index contributed by atoms with van der Waals surface area (Å²) in [5, 5.41) is 0. The average Bonchev–Trinajstić information content (AvgIpc) is 3.39. The molecule has 0 spiro atoms. The van der Waals surface area contributed by atoms with Crippen LogP contribution in [-0.4, -0.2) is 39.7 Å². The lowest BCUT2D eigenvalue weighted by Gasteiger charge is -2.23. The number of methoxy groups -OCH3 is 2. The highest BCUT2D eigenvalue weighted by atomic mass is 16.7. The molecule has 4 atom stereocenters. The molecule has 0 aromatic rings. The van der Waals surface area contributed by atoms with Crippen molar-refractivity contribution in [2.75, 3.05) is 27.8 Å². The number of ether oxygens (including phenoxy) is 4. The first kappa shape index (κ1) is 22.4. The zero-order valence-electron chi connectivity index (χ0n) is 16.0. The zero-order valence-corrected chi connectivity index (χ0v) is 16.0. The number of carbonyl (C=O) groups is 2. The fourth-order valence-corrected chi connectivity index (χ4v) is 4.37. The maximum absolute atomic E-state index is 10.2. The minimum Gasteiger partial charge on any atom is -0.435 e. The van der Waals surface area contributed by atoms with Gasteiger partial charge in [0.1, 0.15) is 0 Å². The summed E-state index contributed by atoms with van der Waals surface area (Å²) in [5.74, 6) is 3.87. The van der Waals surface area contributed by atoms with Gasteiger partial charge < -0.3 is 18.9 Å². The predicted molar refractivity (Wildman–Crippen MR) is 98.0 cm³/mol. The molecule has 4 unspecified atom stereocenters. The van der Waals surface area contributed by atoms with Crippen molar-refractivity contribution in [3.05, 3.63) is 25.3 Å². The standard InChI is InChI=1S/C10H16.2C5H8O3/c1-2-9-7-4-5-8(6-7)10(9)3-1;2*1-3-5(6)8-4-7-2/h7-10H,1-6H2;2*3H,1,4H2,2H3. The van der Waals surface area contributed by atoms with Gasteiger partial charge in [-0.15, -0.1) is 0 Å². The topological polar surface area (TPSA) is 71.1 Å². The van der Waals surface area contributed by atoms with Gasteiger partial charge in [-0.3, -0.25) is 0 Å². The van der Waals surface area contributed by atoms with Crippen molar-refractivity contribution in [3.8, 4) is 0 Å². The zero-order chi connectivity index (χ0) is 19.4. The first-order chi connectivity index (χ1) is 12.6. The second-order valence-electron chi connectivity index (χ2n) is 6.74. The Bertz CT molecular complexity index is 421. The van der Waals surface area contributed by atoms with E-state index in [1.54, 1.807) is 38.5 Å². The van der Waals surface area contributed by atoms with Gasteiger partial charge in [0, 0.05) is 26.4 Å². The molecule has 0 aromatic heterocycles. The van der Waals surface area contributed by atoms with Crippen LogP contribution in [0.3, 0.4) is 0 Å². The Labute approximate surface area is 156 Å². The van der Waals surface area contributed by atoms with Crippen LogP contribution >= 0.6 is 0 Å². The summed E-state index contributed by atoms with van der Waals surface area (Å²) < 4.78 is 17.6. The van der Waals surface area contributed by atoms with E-state index < -0.39 is 11.9 Å². The molecule has 3 rings (SSSR count). The summed E-state index contributed by atoms with van der Waals surface area (Å²) in [6.45, 7) is 6.35. The van der Waals surface area contributed by atoms with Crippen LogP contribution in [0, 0.1) is 23.7 Å². The molecule has 3 fully saturated rings. The van der Waals surface area contributed by atoms with Gasteiger partial charge in [0.25, 0.3) is 0 Å². The van der Waals surface area contributed by atoms with E-state index in [9.17, 15) is 9.59 Å². The second kappa shape index (κ2) is 12.7. The fraction of sp³-hybridized carbons (Fsp3) is 0.700. The lowest BCUT2D eigenvalue weighted by Crippen LogP contribution is -2.15. The molecule has 0 N–H and O–H groups in total. The number of hydrogen-bond acceptors (Lipinski definition) is 6. The van der Waals surface area contributed by atoms with Crippen LogP contribution < -0.4 is 0 Å². The highest BCUT2D eigenvalue weighted by Crippen LogP contribution is 2.58. The van der Waals surface area contributed by atoms with Crippen LogP contribution in [-0.2, 0) is 28.5 Å². The maximum Gasteiger partial charge on any atom is 0.332 e. The van der Waals surface area contributed by atoms with E-state index in [1.807, 2.05) is 0 Å². The van der Waals surface area contributed by atoms with Gasteiger partial charge in [0.2, 0.25) is 0 Å². The predicted octanol–water partition coefficient (Wildman–Crippen LogP) is 3.47. The summed E-state index contributed by atoms with van der Waals surface area (Å²) in [7, 11) is 2.88. The van der Waals surface area contributed by atoms with Gasteiger partial charge >= 0.3 is 11.9 Å². The third-order valence-corrected chi connectivity index (χ3v) is 5.32. The molecule has 0 aliphatic heterocycles. The quantitative estimate of drug-likeness (QED) is 0.406. The number of hydrogen-bond donors (Lipinski definition) is 0. The van der Waals surface area contributed by atoms with Crippen molar-refractivity contribution in [3.63, 3.8) is 0 Å². The number of esters is 2. The first-order valence-corrected chi connectivity index (χ1v) is 9.13. The molecule has 3 aliphatic carbocycles. The summed E-state index contributed by atoms with van der Waals surface area (Å²) >= 11 is 0. The Balaban J connectivity index is 0.000000199. The molecule has 3 aliphatic rings. The van der Waals surface area contributed by atoms with Gasteiger partial charge in [-0.1, -0.05) is 19.6 Å². The van der Waals surface area contributed by atoms with E-state index in [0.717, 1.165) is 12.2 Å². The molecule has 148 valence electrons. The van der Waals surface area contributed by atoms with Crippen molar-refractivity contribution in [1.29, 1.82) is 0 Å². The van der Waals surface area contributed by atoms with Gasteiger partial charge in [-0.2, -0.15) is 0 Å². The molecule has 0 aromatic carbocycles. The molecule has 26 heavy (non-hydrogen) atoms. The van der Waals surface area contributed by atoms with Gasteiger partial charge in [-0.05, 0) is 55.8 Å². The molecule has 0 radical (unpaired) electrons. The molecular formula is C20H32O6. The Morgan fingerprint density at radius 3 is 1.62 bits per heavy atom. The number of fused-ring (bicyclic) bond motifs is 5. The summed E-state index contributed by atoms with van der Waals surface area (Å²) in [6.07, 6.45) is 11.7. The Morgan fingerprint density at radius 2 is 1.27 bits per heavy atom. The molecule has 6 nitrogen and oxygen atoms in total. The normalized spacial score (nSPS) is 27.2. The summed E-state index contributed by atoms with van der Waals surface area (Å²) in [5.41, 5.74) is 0. The van der Waals surface area contributed by atoms with E-state index in [0.29, 0.717) is 0 Å². The molecule has 2 bridgehead atoms. The minimum atomic E-state index is -0.466. The highest BCUT2D eigenvalue weighted by Gasteiger charge is 2.48. The van der Waals surface area contributed by atoms with Crippen molar-refractivity contribution in [1.82, 2.24) is 0 Å². The van der Waals surface area contributed by atoms with E-state index >= 15 is 0 Å². The summed E-state index contributed by atoms with van der Waals surface area (Å²) in [4.78, 5) is 20.3. The number of carbonyl (C=O) groups excluding carboxylic acids is 2. The minimum absolute atomic E-state index is 0.00907. The van der Waals surface area contributed by atoms with Crippen LogP contribution in [0.15, 0.2) is 25.3 Å². The smallest absolute Gasteiger partial charge is 0.332 e. The van der Waals surface area contributed by atoms with Crippen LogP contribution in [0.5, 0.6) is 0 Å². The first-order valence-electron chi connectivity index (χ1n) is 9.13. The van der Waals surface area contributed by atoms with Crippen LogP contribution in [0.25, 0.3) is 0 Å². The monoisotopic (exact) mass is 368 g/mol. The molecular weight excluding hydrogens is 336 g/mol. The summed E-state index contributed by atoms with van der Waals surface area (Å²) in [6, 6.07) is 0. The molecule has 3 saturated carbocycles. The van der Waals surface area contributed by atoms with E-state index in [4.69, 9.17) is 0 Å². The Kier molecular flexibility index (Phi) is 10.9. The van der Waals surface area contributed by atoms with Crippen molar-refractivity contribution in [2.24, 2.45) is 23.7 Å². The molecule has 6 heteroatoms. The van der Waals surface area contributed by atoms with Gasteiger partial charge in [0.05, 0.1) is 0 Å². The van der Waals surface area contributed by atoms with Crippen LogP contribution in [0.4, 0.5) is 0 Å².